The van der Waals surface area contributed by atoms with E-state index in [0.29, 0.717) is 26.3 Å². The fourth-order valence-corrected chi connectivity index (χ4v) is 3.77. The van der Waals surface area contributed by atoms with E-state index in [1.165, 1.54) is 10.9 Å². The van der Waals surface area contributed by atoms with Gasteiger partial charge in [-0.25, -0.2) is 0 Å². The second-order valence-electron chi connectivity index (χ2n) is 6.84. The van der Waals surface area contributed by atoms with Crippen LogP contribution in [0.2, 0.25) is 0 Å². The fourth-order valence-electron chi connectivity index (χ4n) is 3.77. The van der Waals surface area contributed by atoms with Crippen LogP contribution in [0.15, 0.2) is 30.5 Å². The quantitative estimate of drug-likeness (QED) is 0.867. The molecule has 134 valence electrons. The van der Waals surface area contributed by atoms with Gasteiger partial charge in [-0.2, -0.15) is 0 Å². The van der Waals surface area contributed by atoms with Crippen LogP contribution in [0.5, 0.6) is 0 Å². The molecule has 6 heteroatoms. The van der Waals surface area contributed by atoms with Gasteiger partial charge in [-0.05, 0) is 18.1 Å². The number of aromatic nitrogens is 1. The van der Waals surface area contributed by atoms with Crippen LogP contribution in [0.4, 0.5) is 0 Å². The molecule has 2 fully saturated rings. The van der Waals surface area contributed by atoms with E-state index in [0.717, 1.165) is 37.9 Å². The third kappa shape index (κ3) is 3.71. The standard InChI is InChI=1S/C19H25N3O3/c23-18(14-22-9-6-19(7-10-22)24-11-12-25-19)20-8-5-15-13-21-17-4-2-1-3-16(15)17/h1-4,13,21H,5-12,14H2,(H,20,23). The van der Waals surface area contributed by atoms with Gasteiger partial charge in [0.1, 0.15) is 0 Å². The van der Waals surface area contributed by atoms with Crippen molar-refractivity contribution in [3.8, 4) is 0 Å². The largest absolute Gasteiger partial charge is 0.361 e. The molecule has 6 nitrogen and oxygen atoms in total. The average Bonchev–Trinajstić information content (AvgIpc) is 3.25. The molecular formula is C19H25N3O3. The zero-order chi connectivity index (χ0) is 17.1. The van der Waals surface area contributed by atoms with E-state index < -0.39 is 0 Å². The van der Waals surface area contributed by atoms with E-state index in [1.807, 2.05) is 18.3 Å². The van der Waals surface area contributed by atoms with Gasteiger partial charge in [0.05, 0.1) is 19.8 Å². The van der Waals surface area contributed by atoms with Gasteiger partial charge in [0.2, 0.25) is 5.91 Å². The van der Waals surface area contributed by atoms with Crippen molar-refractivity contribution in [3.05, 3.63) is 36.0 Å². The first-order chi connectivity index (χ1) is 12.2. The minimum absolute atomic E-state index is 0.0871. The Morgan fingerprint density at radius 3 is 2.76 bits per heavy atom. The van der Waals surface area contributed by atoms with Crippen molar-refractivity contribution >= 4 is 16.8 Å². The molecule has 2 aliphatic rings. The molecular weight excluding hydrogens is 318 g/mol. The van der Waals surface area contributed by atoms with Crippen LogP contribution >= 0.6 is 0 Å². The number of carbonyl (C=O) groups is 1. The van der Waals surface area contributed by atoms with Crippen LogP contribution in [0.25, 0.3) is 10.9 Å². The maximum atomic E-state index is 12.2. The van der Waals surface area contributed by atoms with Gasteiger partial charge in [0.15, 0.2) is 5.79 Å². The predicted octanol–water partition coefficient (Wildman–Crippen LogP) is 1.67. The molecule has 0 radical (unpaired) electrons. The van der Waals surface area contributed by atoms with Crippen molar-refractivity contribution < 1.29 is 14.3 Å². The molecule has 1 aromatic carbocycles. The Labute approximate surface area is 147 Å². The van der Waals surface area contributed by atoms with Gasteiger partial charge in [0, 0.05) is 49.6 Å². The molecule has 4 rings (SSSR count). The number of fused-ring (bicyclic) bond motifs is 1. The number of nitrogens with one attached hydrogen (secondary N) is 2. The van der Waals surface area contributed by atoms with E-state index in [-0.39, 0.29) is 11.7 Å². The molecule has 0 aliphatic carbocycles. The van der Waals surface area contributed by atoms with Crippen molar-refractivity contribution in [1.29, 1.82) is 0 Å². The lowest BCUT2D eigenvalue weighted by atomic mass is 10.0. The Balaban J connectivity index is 1.21. The molecule has 2 aromatic rings. The van der Waals surface area contributed by atoms with Gasteiger partial charge < -0.3 is 19.8 Å². The van der Waals surface area contributed by atoms with E-state index in [1.54, 1.807) is 0 Å². The summed E-state index contributed by atoms with van der Waals surface area (Å²) in [6.07, 6.45) is 4.55. The Hall–Kier alpha value is -1.89. The minimum Gasteiger partial charge on any atom is -0.361 e. The van der Waals surface area contributed by atoms with Crippen molar-refractivity contribution in [1.82, 2.24) is 15.2 Å². The zero-order valence-electron chi connectivity index (χ0n) is 14.4. The Morgan fingerprint density at radius 1 is 1.20 bits per heavy atom. The Bertz CT molecular complexity index is 726. The molecule has 2 aliphatic heterocycles. The van der Waals surface area contributed by atoms with Crippen LogP contribution in [0.1, 0.15) is 18.4 Å². The summed E-state index contributed by atoms with van der Waals surface area (Å²) in [6.45, 7) is 4.17. The second kappa shape index (κ2) is 7.15. The van der Waals surface area contributed by atoms with Gasteiger partial charge in [-0.15, -0.1) is 0 Å². The number of aromatic amines is 1. The number of piperidine rings is 1. The summed E-state index contributed by atoms with van der Waals surface area (Å²) in [7, 11) is 0. The molecule has 0 saturated carbocycles. The second-order valence-corrected chi connectivity index (χ2v) is 6.84. The SMILES string of the molecule is O=C(CN1CCC2(CC1)OCCO2)NCCc1c[nH]c2ccccc12. The first-order valence-electron chi connectivity index (χ1n) is 9.06. The van der Waals surface area contributed by atoms with Crippen molar-refractivity contribution in [2.45, 2.75) is 25.0 Å². The number of carbonyl (C=O) groups excluding carboxylic acids is 1. The normalized spacial score (nSPS) is 20.3. The lowest BCUT2D eigenvalue weighted by Gasteiger charge is -2.37. The number of hydrogen-bond donors (Lipinski definition) is 2. The molecule has 1 aromatic heterocycles. The van der Waals surface area contributed by atoms with E-state index in [2.05, 4.69) is 27.3 Å². The summed E-state index contributed by atoms with van der Waals surface area (Å²) in [5.41, 5.74) is 2.38. The van der Waals surface area contributed by atoms with E-state index in [9.17, 15) is 4.79 Å². The number of likely N-dealkylation sites (tertiary alicyclic amines) is 1. The number of benzene rings is 1. The Kier molecular flexibility index (Phi) is 4.74. The highest BCUT2D eigenvalue weighted by molar-refractivity contribution is 5.83. The molecule has 3 heterocycles. The molecule has 25 heavy (non-hydrogen) atoms. The summed E-state index contributed by atoms with van der Waals surface area (Å²) < 4.78 is 11.4. The van der Waals surface area contributed by atoms with E-state index in [4.69, 9.17) is 9.47 Å². The lowest BCUT2D eigenvalue weighted by molar-refractivity contribution is -0.185. The molecule has 0 bridgehead atoms. The smallest absolute Gasteiger partial charge is 0.234 e. The zero-order valence-corrected chi connectivity index (χ0v) is 14.4. The summed E-state index contributed by atoms with van der Waals surface area (Å²) in [5.74, 6) is -0.286. The van der Waals surface area contributed by atoms with Gasteiger partial charge >= 0.3 is 0 Å². The third-order valence-corrected chi connectivity index (χ3v) is 5.19. The topological polar surface area (TPSA) is 66.6 Å². The van der Waals surface area contributed by atoms with Crippen LogP contribution in [-0.2, 0) is 20.7 Å². The maximum absolute atomic E-state index is 12.2. The fraction of sp³-hybridized carbons (Fsp3) is 0.526. The van der Waals surface area contributed by atoms with Gasteiger partial charge in [-0.3, -0.25) is 9.69 Å². The van der Waals surface area contributed by atoms with Crippen LogP contribution < -0.4 is 5.32 Å². The molecule has 0 unspecified atom stereocenters. The van der Waals surface area contributed by atoms with Crippen molar-refractivity contribution in [3.63, 3.8) is 0 Å². The number of hydrogen-bond acceptors (Lipinski definition) is 4. The lowest BCUT2D eigenvalue weighted by Crippen LogP contribution is -2.48. The summed E-state index contributed by atoms with van der Waals surface area (Å²) in [4.78, 5) is 17.6. The number of H-pyrrole nitrogens is 1. The molecule has 2 saturated heterocycles. The van der Waals surface area contributed by atoms with Crippen LogP contribution in [-0.4, -0.2) is 61.0 Å². The molecule has 1 amide bonds. The number of amides is 1. The highest BCUT2D eigenvalue weighted by Crippen LogP contribution is 2.30. The van der Waals surface area contributed by atoms with Crippen molar-refractivity contribution in [2.75, 3.05) is 39.4 Å². The summed E-state index contributed by atoms with van der Waals surface area (Å²) >= 11 is 0. The monoisotopic (exact) mass is 343 g/mol. The molecule has 2 N–H and O–H groups in total. The highest BCUT2D eigenvalue weighted by Gasteiger charge is 2.39. The van der Waals surface area contributed by atoms with Gasteiger partial charge in [0.25, 0.3) is 0 Å². The van der Waals surface area contributed by atoms with Crippen LogP contribution in [0, 0.1) is 0 Å². The summed E-state index contributed by atoms with van der Waals surface area (Å²) in [6, 6.07) is 8.24. The predicted molar refractivity (Wildman–Crippen MR) is 95.3 cm³/mol. The number of ether oxygens (including phenoxy) is 2. The average molecular weight is 343 g/mol. The molecule has 1 spiro atoms. The highest BCUT2D eigenvalue weighted by atomic mass is 16.7. The number of nitrogens with zero attached hydrogens (tertiary/aromatic N) is 1. The maximum Gasteiger partial charge on any atom is 0.234 e. The number of rotatable bonds is 5. The number of para-hydroxylation sites is 1. The molecule has 0 atom stereocenters. The summed E-state index contributed by atoms with van der Waals surface area (Å²) in [5, 5.41) is 4.27. The third-order valence-electron chi connectivity index (χ3n) is 5.19. The van der Waals surface area contributed by atoms with E-state index >= 15 is 0 Å². The first kappa shape index (κ1) is 16.6. The van der Waals surface area contributed by atoms with Crippen molar-refractivity contribution in [2.24, 2.45) is 0 Å². The van der Waals surface area contributed by atoms with Gasteiger partial charge in [-0.1, -0.05) is 18.2 Å². The first-order valence-corrected chi connectivity index (χ1v) is 9.06. The minimum atomic E-state index is -0.373. The Morgan fingerprint density at radius 2 is 1.96 bits per heavy atom. The van der Waals surface area contributed by atoms with Crippen LogP contribution in [0.3, 0.4) is 0 Å².